The molecule has 0 radical (unpaired) electrons. The summed E-state index contributed by atoms with van der Waals surface area (Å²) in [6, 6.07) is -1.78. The van der Waals surface area contributed by atoms with Crippen LogP contribution in [0.1, 0.15) is 33.6 Å². The Morgan fingerprint density at radius 2 is 2.04 bits per heavy atom. The van der Waals surface area contributed by atoms with E-state index >= 15 is 0 Å². The average molecular weight is 331 g/mol. The summed E-state index contributed by atoms with van der Waals surface area (Å²) in [5.74, 6) is -1.49. The number of hydrazine groups is 1. The van der Waals surface area contributed by atoms with Crippen molar-refractivity contribution in [2.24, 2.45) is 0 Å². The number of carboxylic acids is 1. The van der Waals surface area contributed by atoms with Crippen LogP contribution < -0.4 is 10.7 Å². The number of aliphatic carboxylic acids is 1. The van der Waals surface area contributed by atoms with E-state index in [1.807, 2.05) is 0 Å². The molecule has 0 aromatic heterocycles. The first-order valence-corrected chi connectivity index (χ1v) is 7.43. The van der Waals surface area contributed by atoms with Gasteiger partial charge in [-0.05, 0) is 33.6 Å². The minimum absolute atomic E-state index is 0.0476. The third-order valence-electron chi connectivity index (χ3n) is 3.07. The lowest BCUT2D eigenvalue weighted by Crippen LogP contribution is -2.60. The van der Waals surface area contributed by atoms with E-state index in [1.54, 1.807) is 20.8 Å². The zero-order valence-corrected chi connectivity index (χ0v) is 13.9. The van der Waals surface area contributed by atoms with Gasteiger partial charge in [0.25, 0.3) is 5.91 Å². The van der Waals surface area contributed by atoms with Crippen molar-refractivity contribution in [1.29, 1.82) is 0 Å². The Hall–Kier alpha value is -1.87. The smallest absolute Gasteiger partial charge is 0.408 e. The number of rotatable bonds is 5. The van der Waals surface area contributed by atoms with E-state index < -0.39 is 35.7 Å². The van der Waals surface area contributed by atoms with Gasteiger partial charge in [-0.25, -0.2) is 10.2 Å². The number of amides is 2. The van der Waals surface area contributed by atoms with Crippen molar-refractivity contribution in [3.63, 3.8) is 0 Å². The summed E-state index contributed by atoms with van der Waals surface area (Å²) in [6.45, 7) is 5.45. The first kappa shape index (κ1) is 19.2. The third kappa shape index (κ3) is 6.41. The highest BCUT2D eigenvalue weighted by molar-refractivity contribution is 5.86. The molecule has 1 aliphatic heterocycles. The fourth-order valence-corrected chi connectivity index (χ4v) is 2.10. The monoisotopic (exact) mass is 331 g/mol. The number of nitrogens with zero attached hydrogens (tertiary/aromatic N) is 1. The summed E-state index contributed by atoms with van der Waals surface area (Å²) in [4.78, 5) is 35.3. The number of carbonyl (C=O) groups excluding carboxylic acids is 2. The van der Waals surface area contributed by atoms with Crippen molar-refractivity contribution in [1.82, 2.24) is 15.8 Å². The highest BCUT2D eigenvalue weighted by atomic mass is 16.6. The van der Waals surface area contributed by atoms with Crippen LogP contribution in [-0.2, 0) is 19.1 Å². The molecule has 1 heterocycles. The van der Waals surface area contributed by atoms with Crippen molar-refractivity contribution >= 4 is 18.0 Å². The molecule has 132 valence electrons. The van der Waals surface area contributed by atoms with Gasteiger partial charge in [-0.2, -0.15) is 0 Å². The van der Waals surface area contributed by atoms with E-state index in [0.29, 0.717) is 19.4 Å². The summed E-state index contributed by atoms with van der Waals surface area (Å²) in [5, 5.41) is 12.7. The second-order valence-electron chi connectivity index (χ2n) is 6.31. The maximum Gasteiger partial charge on any atom is 0.408 e. The second-order valence-corrected chi connectivity index (χ2v) is 6.31. The minimum atomic E-state index is -1.02. The molecule has 0 aromatic rings. The SMILES string of the molecule is COC[C@H](NC(=O)OC(C)(C)C)C(=O)N1CCC[C@@H](C(=O)O)N1. The molecule has 1 rings (SSSR count). The first-order chi connectivity index (χ1) is 10.6. The molecule has 2 amide bonds. The summed E-state index contributed by atoms with van der Waals surface area (Å²) >= 11 is 0. The molecular formula is C14H25N3O6. The Morgan fingerprint density at radius 1 is 1.39 bits per heavy atom. The number of alkyl carbamates (subject to hydrolysis) is 1. The zero-order valence-electron chi connectivity index (χ0n) is 13.9. The molecule has 0 aromatic carbocycles. The molecular weight excluding hydrogens is 306 g/mol. The molecule has 1 aliphatic rings. The summed E-state index contributed by atoms with van der Waals surface area (Å²) in [6.07, 6.45) is 0.259. The predicted octanol–water partition coefficient (Wildman–Crippen LogP) is 0.106. The Kier molecular flexibility index (Phi) is 6.77. The molecule has 0 aliphatic carbocycles. The van der Waals surface area contributed by atoms with Gasteiger partial charge in [0, 0.05) is 13.7 Å². The van der Waals surface area contributed by atoms with Crippen LogP contribution in [0.2, 0.25) is 0 Å². The number of hydrogen-bond acceptors (Lipinski definition) is 6. The van der Waals surface area contributed by atoms with E-state index in [0.717, 1.165) is 0 Å². The van der Waals surface area contributed by atoms with Crippen molar-refractivity contribution < 1.29 is 29.0 Å². The van der Waals surface area contributed by atoms with Gasteiger partial charge in [-0.15, -0.1) is 0 Å². The van der Waals surface area contributed by atoms with Crippen LogP contribution in [0, 0.1) is 0 Å². The number of methoxy groups -OCH3 is 1. The number of nitrogens with one attached hydrogen (secondary N) is 2. The number of hydrogen-bond donors (Lipinski definition) is 3. The number of carbonyl (C=O) groups is 3. The van der Waals surface area contributed by atoms with Crippen LogP contribution in [0.3, 0.4) is 0 Å². The van der Waals surface area contributed by atoms with E-state index in [-0.39, 0.29) is 6.61 Å². The zero-order chi connectivity index (χ0) is 17.6. The van der Waals surface area contributed by atoms with Gasteiger partial charge in [0.2, 0.25) is 0 Å². The van der Waals surface area contributed by atoms with Gasteiger partial charge >= 0.3 is 12.1 Å². The normalized spacial score (nSPS) is 19.8. The van der Waals surface area contributed by atoms with E-state index in [2.05, 4.69) is 10.7 Å². The molecule has 9 nitrogen and oxygen atoms in total. The first-order valence-electron chi connectivity index (χ1n) is 7.43. The predicted molar refractivity (Wildman–Crippen MR) is 80.5 cm³/mol. The van der Waals surface area contributed by atoms with Gasteiger partial charge in [-0.1, -0.05) is 0 Å². The molecule has 1 saturated heterocycles. The van der Waals surface area contributed by atoms with Gasteiger partial charge in [0.15, 0.2) is 0 Å². The van der Waals surface area contributed by atoms with E-state index in [1.165, 1.54) is 12.1 Å². The molecule has 0 unspecified atom stereocenters. The average Bonchev–Trinajstić information content (AvgIpc) is 2.44. The lowest BCUT2D eigenvalue weighted by molar-refractivity contribution is -0.148. The van der Waals surface area contributed by atoms with Gasteiger partial charge in [0.05, 0.1) is 6.61 Å². The maximum atomic E-state index is 12.5. The Balaban J connectivity index is 2.70. The van der Waals surface area contributed by atoms with Crippen LogP contribution in [0.4, 0.5) is 4.79 Å². The Bertz CT molecular complexity index is 448. The third-order valence-corrected chi connectivity index (χ3v) is 3.07. The minimum Gasteiger partial charge on any atom is -0.480 e. The highest BCUT2D eigenvalue weighted by Crippen LogP contribution is 2.10. The summed E-state index contributed by atoms with van der Waals surface area (Å²) in [5.41, 5.74) is 1.96. The lowest BCUT2D eigenvalue weighted by atomic mass is 10.1. The largest absolute Gasteiger partial charge is 0.480 e. The molecule has 9 heteroatoms. The van der Waals surface area contributed by atoms with E-state index in [9.17, 15) is 14.4 Å². The molecule has 23 heavy (non-hydrogen) atoms. The van der Waals surface area contributed by atoms with Crippen molar-refractivity contribution in [2.45, 2.75) is 51.3 Å². The van der Waals surface area contributed by atoms with Crippen LogP contribution >= 0.6 is 0 Å². The summed E-state index contributed by atoms with van der Waals surface area (Å²) in [7, 11) is 1.40. The van der Waals surface area contributed by atoms with Crippen LogP contribution in [0.5, 0.6) is 0 Å². The fraction of sp³-hybridized carbons (Fsp3) is 0.786. The Labute approximate surface area is 135 Å². The van der Waals surface area contributed by atoms with Gasteiger partial charge < -0.3 is 19.9 Å². The number of carboxylic acid groups (broad SMARTS) is 1. The summed E-state index contributed by atoms with van der Waals surface area (Å²) < 4.78 is 10.1. The van der Waals surface area contributed by atoms with Gasteiger partial charge in [0.1, 0.15) is 17.7 Å². The topological polar surface area (TPSA) is 117 Å². The molecule has 3 N–H and O–H groups in total. The standard InChI is InChI=1S/C14H25N3O6/c1-14(2,3)23-13(21)15-10(8-22-4)11(18)17-7-5-6-9(16-17)12(19)20/h9-10,16H,5-8H2,1-4H3,(H,15,21)(H,19,20)/t9-,10-/m0/s1. The second kappa shape index (κ2) is 8.11. The van der Waals surface area contributed by atoms with Crippen molar-refractivity contribution in [3.05, 3.63) is 0 Å². The quantitative estimate of drug-likeness (QED) is 0.654. The van der Waals surface area contributed by atoms with Crippen molar-refractivity contribution in [3.8, 4) is 0 Å². The molecule has 1 fully saturated rings. The van der Waals surface area contributed by atoms with Crippen LogP contribution in [0.25, 0.3) is 0 Å². The Morgan fingerprint density at radius 3 is 2.57 bits per heavy atom. The van der Waals surface area contributed by atoms with E-state index in [4.69, 9.17) is 14.6 Å². The fourth-order valence-electron chi connectivity index (χ4n) is 2.10. The van der Waals surface area contributed by atoms with Gasteiger partial charge in [-0.3, -0.25) is 14.6 Å². The highest BCUT2D eigenvalue weighted by Gasteiger charge is 2.33. The molecule has 0 spiro atoms. The maximum absolute atomic E-state index is 12.5. The lowest BCUT2D eigenvalue weighted by Gasteiger charge is -2.34. The van der Waals surface area contributed by atoms with Crippen LogP contribution in [0.15, 0.2) is 0 Å². The molecule has 2 atom stereocenters. The molecule has 0 bridgehead atoms. The molecule has 0 saturated carbocycles. The van der Waals surface area contributed by atoms with Crippen LogP contribution in [-0.4, -0.2) is 66.0 Å². The van der Waals surface area contributed by atoms with Crippen molar-refractivity contribution in [2.75, 3.05) is 20.3 Å². The number of ether oxygens (including phenoxy) is 2.